The molecule has 0 saturated heterocycles. The van der Waals surface area contributed by atoms with Crippen molar-refractivity contribution in [2.24, 2.45) is 0 Å². The molecule has 1 aliphatic rings. The standard InChI is InChI=1S/C18H15ClN4O2S/c1-24-13-7-8-16(25-2)14(9-13)15-10-26-18-21-20-17(23(18)22-15)11-3-5-12(19)6-4-11/h3-10,22H,1-2H3. The molecule has 1 aromatic heterocycles. The van der Waals surface area contributed by atoms with E-state index in [0.29, 0.717) is 10.8 Å². The molecule has 132 valence electrons. The van der Waals surface area contributed by atoms with Crippen molar-refractivity contribution in [3.63, 3.8) is 0 Å². The van der Waals surface area contributed by atoms with Crippen LogP contribution >= 0.6 is 23.4 Å². The summed E-state index contributed by atoms with van der Waals surface area (Å²) >= 11 is 7.47. The summed E-state index contributed by atoms with van der Waals surface area (Å²) < 4.78 is 12.7. The average molecular weight is 387 g/mol. The summed E-state index contributed by atoms with van der Waals surface area (Å²) in [6, 6.07) is 13.2. The van der Waals surface area contributed by atoms with Crippen molar-refractivity contribution in [1.82, 2.24) is 14.9 Å². The Morgan fingerprint density at radius 2 is 1.85 bits per heavy atom. The molecule has 0 saturated carbocycles. The summed E-state index contributed by atoms with van der Waals surface area (Å²) in [6.45, 7) is 0. The second kappa shape index (κ2) is 6.93. The largest absolute Gasteiger partial charge is 0.497 e. The number of fused-ring (bicyclic) bond motifs is 1. The number of hydrogen-bond donors (Lipinski definition) is 1. The smallest absolute Gasteiger partial charge is 0.214 e. The molecule has 0 amide bonds. The Morgan fingerprint density at radius 3 is 2.58 bits per heavy atom. The Kier molecular flexibility index (Phi) is 4.48. The van der Waals surface area contributed by atoms with Crippen LogP contribution in [0.15, 0.2) is 53.0 Å². The first kappa shape index (κ1) is 16.8. The fourth-order valence-corrected chi connectivity index (χ4v) is 3.49. The lowest BCUT2D eigenvalue weighted by atomic mass is 10.1. The number of nitrogens with zero attached hydrogens (tertiary/aromatic N) is 3. The lowest BCUT2D eigenvalue weighted by Crippen LogP contribution is -2.18. The molecular weight excluding hydrogens is 372 g/mol. The quantitative estimate of drug-likeness (QED) is 0.722. The van der Waals surface area contributed by atoms with Crippen LogP contribution in [0, 0.1) is 0 Å². The highest BCUT2D eigenvalue weighted by Crippen LogP contribution is 2.36. The topological polar surface area (TPSA) is 61.2 Å². The molecule has 0 unspecified atom stereocenters. The van der Waals surface area contributed by atoms with E-state index < -0.39 is 0 Å². The highest BCUT2D eigenvalue weighted by atomic mass is 35.5. The number of benzene rings is 2. The van der Waals surface area contributed by atoms with E-state index in [0.717, 1.165) is 33.5 Å². The van der Waals surface area contributed by atoms with Gasteiger partial charge < -0.3 is 9.47 Å². The van der Waals surface area contributed by atoms with Gasteiger partial charge in [-0.2, -0.15) is 0 Å². The monoisotopic (exact) mass is 386 g/mol. The van der Waals surface area contributed by atoms with Gasteiger partial charge in [-0.25, -0.2) is 4.68 Å². The number of halogens is 1. The van der Waals surface area contributed by atoms with Gasteiger partial charge in [0.25, 0.3) is 0 Å². The van der Waals surface area contributed by atoms with Crippen LogP contribution in [0.4, 0.5) is 0 Å². The van der Waals surface area contributed by atoms with Crippen molar-refractivity contribution in [3.8, 4) is 22.9 Å². The number of thioether (sulfide) groups is 1. The molecule has 8 heteroatoms. The lowest BCUT2D eigenvalue weighted by molar-refractivity contribution is 0.402. The Bertz CT molecular complexity index is 985. The molecule has 2 aromatic carbocycles. The maximum absolute atomic E-state index is 5.98. The van der Waals surface area contributed by atoms with Gasteiger partial charge in [0, 0.05) is 21.6 Å². The van der Waals surface area contributed by atoms with Gasteiger partial charge >= 0.3 is 0 Å². The predicted molar refractivity (Wildman–Crippen MR) is 103 cm³/mol. The molecule has 0 spiro atoms. The van der Waals surface area contributed by atoms with Gasteiger partial charge in [0.05, 0.1) is 19.9 Å². The zero-order valence-corrected chi connectivity index (χ0v) is 15.6. The van der Waals surface area contributed by atoms with Gasteiger partial charge in [0.15, 0.2) is 5.82 Å². The van der Waals surface area contributed by atoms with Gasteiger partial charge in [-0.15, -0.1) is 10.2 Å². The van der Waals surface area contributed by atoms with E-state index in [9.17, 15) is 0 Å². The molecule has 1 aliphatic heterocycles. The van der Waals surface area contributed by atoms with E-state index in [-0.39, 0.29) is 0 Å². The second-order valence-electron chi connectivity index (χ2n) is 5.48. The Balaban J connectivity index is 1.72. The number of rotatable bonds is 4. The van der Waals surface area contributed by atoms with Gasteiger partial charge in [0.2, 0.25) is 5.16 Å². The number of nitrogens with one attached hydrogen (secondary N) is 1. The third kappa shape index (κ3) is 3.00. The average Bonchev–Trinajstić information content (AvgIpc) is 3.11. The summed E-state index contributed by atoms with van der Waals surface area (Å²) in [5.74, 6) is 2.20. The van der Waals surface area contributed by atoms with Crippen LogP contribution in [-0.2, 0) is 0 Å². The first-order chi connectivity index (χ1) is 12.7. The van der Waals surface area contributed by atoms with Crippen LogP contribution < -0.4 is 14.9 Å². The molecular formula is C18H15ClN4O2S. The van der Waals surface area contributed by atoms with Crippen molar-refractivity contribution in [1.29, 1.82) is 0 Å². The molecule has 2 heterocycles. The minimum Gasteiger partial charge on any atom is -0.497 e. The van der Waals surface area contributed by atoms with Crippen molar-refractivity contribution < 1.29 is 9.47 Å². The van der Waals surface area contributed by atoms with E-state index in [1.807, 2.05) is 52.5 Å². The summed E-state index contributed by atoms with van der Waals surface area (Å²) in [5, 5.41) is 11.9. The van der Waals surface area contributed by atoms with E-state index in [4.69, 9.17) is 21.1 Å². The van der Waals surface area contributed by atoms with Crippen LogP contribution in [0.2, 0.25) is 5.02 Å². The molecule has 0 atom stereocenters. The van der Waals surface area contributed by atoms with Crippen molar-refractivity contribution >= 4 is 29.1 Å². The van der Waals surface area contributed by atoms with Crippen molar-refractivity contribution in [2.75, 3.05) is 19.6 Å². The molecule has 0 radical (unpaired) electrons. The Labute approximate surface area is 159 Å². The molecule has 0 aliphatic carbocycles. The summed E-state index contributed by atoms with van der Waals surface area (Å²) in [6.07, 6.45) is 0. The van der Waals surface area contributed by atoms with E-state index in [1.165, 1.54) is 11.8 Å². The minimum atomic E-state index is 0.677. The summed E-state index contributed by atoms with van der Waals surface area (Å²) in [5.41, 5.74) is 6.04. The van der Waals surface area contributed by atoms with Crippen molar-refractivity contribution in [3.05, 3.63) is 58.5 Å². The molecule has 3 aromatic rings. The van der Waals surface area contributed by atoms with Crippen LogP contribution in [-0.4, -0.2) is 29.1 Å². The number of aromatic nitrogens is 3. The van der Waals surface area contributed by atoms with Gasteiger partial charge in [-0.3, -0.25) is 5.43 Å². The Morgan fingerprint density at radius 1 is 1.04 bits per heavy atom. The first-order valence-electron chi connectivity index (χ1n) is 7.77. The predicted octanol–water partition coefficient (Wildman–Crippen LogP) is 4.26. The SMILES string of the molecule is COc1ccc(OC)c(C2=CSc3nnc(-c4ccc(Cl)cc4)n3N2)c1. The minimum absolute atomic E-state index is 0.677. The number of ether oxygens (including phenoxy) is 2. The maximum atomic E-state index is 5.98. The maximum Gasteiger partial charge on any atom is 0.214 e. The zero-order valence-electron chi connectivity index (χ0n) is 14.1. The van der Waals surface area contributed by atoms with Gasteiger partial charge in [-0.1, -0.05) is 23.4 Å². The molecule has 1 N–H and O–H groups in total. The zero-order chi connectivity index (χ0) is 18.1. The number of methoxy groups -OCH3 is 2. The third-order valence-electron chi connectivity index (χ3n) is 3.95. The second-order valence-corrected chi connectivity index (χ2v) is 6.75. The van der Waals surface area contributed by atoms with E-state index in [2.05, 4.69) is 15.6 Å². The van der Waals surface area contributed by atoms with E-state index >= 15 is 0 Å². The normalized spacial score (nSPS) is 12.8. The molecule has 6 nitrogen and oxygen atoms in total. The van der Waals surface area contributed by atoms with Crippen molar-refractivity contribution in [2.45, 2.75) is 5.16 Å². The van der Waals surface area contributed by atoms with Gasteiger partial charge in [0.1, 0.15) is 11.5 Å². The highest BCUT2D eigenvalue weighted by molar-refractivity contribution is 8.02. The van der Waals surface area contributed by atoms with Crippen LogP contribution in [0.1, 0.15) is 5.56 Å². The van der Waals surface area contributed by atoms with E-state index in [1.54, 1.807) is 14.2 Å². The fraction of sp³-hybridized carbons (Fsp3) is 0.111. The first-order valence-corrected chi connectivity index (χ1v) is 9.03. The molecule has 26 heavy (non-hydrogen) atoms. The fourth-order valence-electron chi connectivity index (χ4n) is 2.64. The Hall–Kier alpha value is -2.64. The highest BCUT2D eigenvalue weighted by Gasteiger charge is 2.21. The number of hydrogen-bond acceptors (Lipinski definition) is 6. The third-order valence-corrected chi connectivity index (χ3v) is 5.03. The molecule has 4 rings (SSSR count). The summed E-state index contributed by atoms with van der Waals surface area (Å²) in [4.78, 5) is 0. The summed E-state index contributed by atoms with van der Waals surface area (Å²) in [7, 11) is 3.28. The van der Waals surface area contributed by atoms with Gasteiger partial charge in [-0.05, 0) is 42.5 Å². The van der Waals surface area contributed by atoms with Crippen LogP contribution in [0.5, 0.6) is 11.5 Å². The lowest BCUT2D eigenvalue weighted by Gasteiger charge is -2.21. The van der Waals surface area contributed by atoms with Crippen LogP contribution in [0.25, 0.3) is 17.1 Å². The molecule has 0 bridgehead atoms. The van der Waals surface area contributed by atoms with Crippen LogP contribution in [0.3, 0.4) is 0 Å². The molecule has 0 fully saturated rings.